The number of alkyl halides is 1. The summed E-state index contributed by atoms with van der Waals surface area (Å²) in [6.07, 6.45) is 5.46. The number of hydrogen-bond donors (Lipinski definition) is 0. The largest absolute Gasteiger partial charge is 0.377 e. The standard InChI is InChI=1S/C10H19ClOS/c1-9-10(5-7-12-9)13-8-4-2-3-6-11/h9-10H,2-8H2,1H3. The van der Waals surface area contributed by atoms with Crippen molar-refractivity contribution in [2.24, 2.45) is 0 Å². The summed E-state index contributed by atoms with van der Waals surface area (Å²) in [6, 6.07) is 0. The molecule has 0 aromatic heterocycles. The van der Waals surface area contributed by atoms with Crippen LogP contribution in [0.25, 0.3) is 0 Å². The molecule has 0 aromatic carbocycles. The van der Waals surface area contributed by atoms with E-state index in [1.807, 2.05) is 0 Å². The maximum Gasteiger partial charge on any atom is 0.0666 e. The number of thioether (sulfide) groups is 1. The van der Waals surface area contributed by atoms with Gasteiger partial charge < -0.3 is 4.74 Å². The monoisotopic (exact) mass is 222 g/mol. The molecule has 0 saturated carbocycles. The summed E-state index contributed by atoms with van der Waals surface area (Å²) < 4.78 is 5.50. The maximum absolute atomic E-state index is 5.60. The van der Waals surface area contributed by atoms with E-state index in [-0.39, 0.29) is 0 Å². The van der Waals surface area contributed by atoms with Gasteiger partial charge in [-0.15, -0.1) is 11.6 Å². The van der Waals surface area contributed by atoms with Crippen LogP contribution in [-0.2, 0) is 4.74 Å². The first-order valence-electron chi connectivity index (χ1n) is 5.13. The van der Waals surface area contributed by atoms with Gasteiger partial charge in [-0.05, 0) is 31.9 Å². The minimum atomic E-state index is 0.470. The van der Waals surface area contributed by atoms with Crippen LogP contribution in [0.2, 0.25) is 0 Å². The quantitative estimate of drug-likeness (QED) is 0.504. The molecule has 1 saturated heterocycles. The first-order valence-corrected chi connectivity index (χ1v) is 6.72. The van der Waals surface area contributed by atoms with Gasteiger partial charge in [-0.1, -0.05) is 6.42 Å². The van der Waals surface area contributed by atoms with Gasteiger partial charge in [0.05, 0.1) is 6.10 Å². The number of unbranched alkanes of at least 4 members (excludes halogenated alkanes) is 2. The number of halogens is 1. The summed E-state index contributed by atoms with van der Waals surface area (Å²) in [5.41, 5.74) is 0. The lowest BCUT2D eigenvalue weighted by molar-refractivity contribution is 0.127. The van der Waals surface area contributed by atoms with E-state index in [2.05, 4.69) is 18.7 Å². The molecule has 78 valence electrons. The molecule has 0 N–H and O–H groups in total. The highest BCUT2D eigenvalue weighted by molar-refractivity contribution is 7.99. The van der Waals surface area contributed by atoms with Gasteiger partial charge >= 0.3 is 0 Å². The topological polar surface area (TPSA) is 9.23 Å². The number of ether oxygens (including phenoxy) is 1. The number of rotatable bonds is 6. The zero-order valence-electron chi connectivity index (χ0n) is 8.30. The van der Waals surface area contributed by atoms with Gasteiger partial charge in [0, 0.05) is 17.7 Å². The second-order valence-corrected chi connectivity index (χ2v) is 5.25. The summed E-state index contributed by atoms with van der Waals surface area (Å²) in [6.45, 7) is 3.14. The van der Waals surface area contributed by atoms with E-state index in [1.165, 1.54) is 31.4 Å². The first-order chi connectivity index (χ1) is 6.34. The molecule has 1 rings (SSSR count). The lowest BCUT2D eigenvalue weighted by Gasteiger charge is -2.12. The predicted molar refractivity (Wildman–Crippen MR) is 60.8 cm³/mol. The smallest absolute Gasteiger partial charge is 0.0666 e. The molecule has 13 heavy (non-hydrogen) atoms. The Balaban J connectivity index is 1.93. The summed E-state index contributed by atoms with van der Waals surface area (Å²) >= 11 is 7.68. The van der Waals surface area contributed by atoms with Crippen molar-refractivity contribution in [2.45, 2.75) is 44.0 Å². The van der Waals surface area contributed by atoms with Crippen LogP contribution in [0.4, 0.5) is 0 Å². The van der Waals surface area contributed by atoms with Crippen molar-refractivity contribution in [3.8, 4) is 0 Å². The van der Waals surface area contributed by atoms with E-state index in [0.717, 1.165) is 17.7 Å². The Morgan fingerprint density at radius 2 is 2.23 bits per heavy atom. The lowest BCUT2D eigenvalue weighted by Crippen LogP contribution is -2.13. The lowest BCUT2D eigenvalue weighted by atomic mass is 10.2. The third-order valence-electron chi connectivity index (χ3n) is 2.42. The Labute approximate surface area is 90.6 Å². The van der Waals surface area contributed by atoms with E-state index in [4.69, 9.17) is 16.3 Å². The fraction of sp³-hybridized carbons (Fsp3) is 1.00. The zero-order valence-corrected chi connectivity index (χ0v) is 9.87. The van der Waals surface area contributed by atoms with E-state index in [9.17, 15) is 0 Å². The molecule has 0 radical (unpaired) electrons. The van der Waals surface area contributed by atoms with Crippen LogP contribution in [0, 0.1) is 0 Å². The predicted octanol–water partition coefficient (Wildman–Crippen LogP) is 3.31. The molecule has 1 aliphatic rings. The van der Waals surface area contributed by atoms with Crippen LogP contribution >= 0.6 is 23.4 Å². The summed E-state index contributed by atoms with van der Waals surface area (Å²) in [5.74, 6) is 2.09. The molecule has 0 aromatic rings. The van der Waals surface area contributed by atoms with Gasteiger partial charge in [-0.2, -0.15) is 11.8 Å². The van der Waals surface area contributed by atoms with Gasteiger partial charge in [0.25, 0.3) is 0 Å². The molecule has 1 nitrogen and oxygen atoms in total. The maximum atomic E-state index is 5.60. The van der Waals surface area contributed by atoms with Gasteiger partial charge in [-0.3, -0.25) is 0 Å². The van der Waals surface area contributed by atoms with Crippen LogP contribution in [0.15, 0.2) is 0 Å². The van der Waals surface area contributed by atoms with Crippen LogP contribution in [-0.4, -0.2) is 29.6 Å². The van der Waals surface area contributed by atoms with Crippen LogP contribution < -0.4 is 0 Å². The summed E-state index contributed by atoms with van der Waals surface area (Å²) in [5, 5.41) is 0.746. The second-order valence-electron chi connectivity index (χ2n) is 3.52. The second kappa shape index (κ2) is 6.97. The van der Waals surface area contributed by atoms with Crippen molar-refractivity contribution in [1.29, 1.82) is 0 Å². The van der Waals surface area contributed by atoms with Crippen molar-refractivity contribution in [1.82, 2.24) is 0 Å². The van der Waals surface area contributed by atoms with Crippen molar-refractivity contribution in [3.63, 3.8) is 0 Å². The molecular formula is C10H19ClOS. The average molecular weight is 223 g/mol. The molecule has 1 fully saturated rings. The first kappa shape index (κ1) is 11.7. The normalized spacial score (nSPS) is 28.2. The van der Waals surface area contributed by atoms with Gasteiger partial charge in [0.15, 0.2) is 0 Å². The van der Waals surface area contributed by atoms with Crippen LogP contribution in [0.5, 0.6) is 0 Å². The van der Waals surface area contributed by atoms with Crippen molar-refractivity contribution in [2.75, 3.05) is 18.2 Å². The Morgan fingerprint density at radius 3 is 2.85 bits per heavy atom. The van der Waals surface area contributed by atoms with Crippen molar-refractivity contribution in [3.05, 3.63) is 0 Å². The Bertz CT molecular complexity index is 132. The van der Waals surface area contributed by atoms with Crippen molar-refractivity contribution < 1.29 is 4.74 Å². The zero-order chi connectivity index (χ0) is 9.52. The molecular weight excluding hydrogens is 204 g/mol. The summed E-state index contributed by atoms with van der Waals surface area (Å²) in [7, 11) is 0. The van der Waals surface area contributed by atoms with E-state index < -0.39 is 0 Å². The molecule has 2 atom stereocenters. The molecule has 1 heterocycles. The van der Waals surface area contributed by atoms with Gasteiger partial charge in [0.2, 0.25) is 0 Å². The van der Waals surface area contributed by atoms with Crippen LogP contribution in [0.1, 0.15) is 32.6 Å². The Kier molecular flexibility index (Phi) is 6.26. The molecule has 0 amide bonds. The minimum Gasteiger partial charge on any atom is -0.377 e. The van der Waals surface area contributed by atoms with Gasteiger partial charge in [-0.25, -0.2) is 0 Å². The average Bonchev–Trinajstić information content (AvgIpc) is 2.52. The third-order valence-corrected chi connectivity index (χ3v) is 4.26. The highest BCUT2D eigenvalue weighted by Gasteiger charge is 2.23. The fourth-order valence-corrected chi connectivity index (χ4v) is 3.01. The number of hydrogen-bond acceptors (Lipinski definition) is 2. The Morgan fingerprint density at radius 1 is 1.38 bits per heavy atom. The van der Waals surface area contributed by atoms with E-state index in [1.54, 1.807) is 0 Å². The highest BCUT2D eigenvalue weighted by atomic mass is 35.5. The van der Waals surface area contributed by atoms with Gasteiger partial charge in [0.1, 0.15) is 0 Å². The van der Waals surface area contributed by atoms with E-state index in [0.29, 0.717) is 6.10 Å². The van der Waals surface area contributed by atoms with E-state index >= 15 is 0 Å². The summed E-state index contributed by atoms with van der Waals surface area (Å²) in [4.78, 5) is 0. The molecule has 0 spiro atoms. The minimum absolute atomic E-state index is 0.470. The molecule has 2 unspecified atom stereocenters. The van der Waals surface area contributed by atoms with Crippen LogP contribution in [0.3, 0.4) is 0 Å². The molecule has 1 aliphatic heterocycles. The molecule has 3 heteroatoms. The molecule has 0 bridgehead atoms. The SMILES string of the molecule is CC1OCCC1SCCCCCCl. The Hall–Kier alpha value is 0.600. The molecule has 0 aliphatic carbocycles. The fourth-order valence-electron chi connectivity index (χ4n) is 1.54. The third kappa shape index (κ3) is 4.57. The van der Waals surface area contributed by atoms with Crippen molar-refractivity contribution >= 4 is 23.4 Å². The highest BCUT2D eigenvalue weighted by Crippen LogP contribution is 2.26.